The maximum absolute atomic E-state index is 9.18. The first-order valence-electron chi connectivity index (χ1n) is 8.91. The van der Waals surface area contributed by atoms with Crippen molar-refractivity contribution in [1.29, 1.82) is 5.26 Å². The van der Waals surface area contributed by atoms with Crippen molar-refractivity contribution in [3.8, 4) is 17.2 Å². The third-order valence-corrected chi connectivity index (χ3v) is 4.55. The minimum Gasteiger partial charge on any atom is -0.384 e. The number of benzene rings is 2. The molecule has 4 rings (SSSR count). The van der Waals surface area contributed by atoms with Gasteiger partial charge in [0, 0.05) is 49.0 Å². The normalized spacial score (nSPS) is 10.6. The number of anilines is 1. The van der Waals surface area contributed by atoms with Crippen LogP contribution in [0.25, 0.3) is 21.9 Å². The Morgan fingerprint density at radius 3 is 2.85 bits per heavy atom. The van der Waals surface area contributed by atoms with E-state index in [-0.39, 0.29) is 0 Å². The van der Waals surface area contributed by atoms with Crippen LogP contribution in [-0.2, 0) is 6.54 Å². The van der Waals surface area contributed by atoms with Crippen LogP contribution in [0.5, 0.6) is 0 Å². The summed E-state index contributed by atoms with van der Waals surface area (Å²) in [6, 6.07) is 16.2. The molecular formula is C22H19N5. The summed E-state index contributed by atoms with van der Waals surface area (Å²) in [6.07, 6.45) is 10.3. The van der Waals surface area contributed by atoms with Gasteiger partial charge in [-0.25, -0.2) is 4.98 Å². The zero-order chi connectivity index (χ0) is 18.5. The van der Waals surface area contributed by atoms with E-state index in [0.29, 0.717) is 5.56 Å². The Kier molecular flexibility index (Phi) is 4.80. The Morgan fingerprint density at radius 2 is 2.00 bits per heavy atom. The third-order valence-electron chi connectivity index (χ3n) is 4.55. The number of nitrogens with one attached hydrogen (secondary N) is 1. The zero-order valence-corrected chi connectivity index (χ0v) is 14.8. The molecule has 2 heterocycles. The van der Waals surface area contributed by atoms with Crippen molar-refractivity contribution in [1.82, 2.24) is 14.5 Å². The second-order valence-electron chi connectivity index (χ2n) is 6.39. The van der Waals surface area contributed by atoms with Crippen LogP contribution in [0.1, 0.15) is 12.0 Å². The monoisotopic (exact) mass is 353 g/mol. The number of hydrogen-bond acceptors (Lipinski definition) is 4. The van der Waals surface area contributed by atoms with Gasteiger partial charge < -0.3 is 9.88 Å². The van der Waals surface area contributed by atoms with Crippen molar-refractivity contribution >= 4 is 16.5 Å². The van der Waals surface area contributed by atoms with Gasteiger partial charge in [0.05, 0.1) is 18.0 Å². The molecule has 0 spiro atoms. The lowest BCUT2D eigenvalue weighted by molar-refractivity contribution is 0.661. The third kappa shape index (κ3) is 3.80. The molecule has 1 N–H and O–H groups in total. The van der Waals surface area contributed by atoms with E-state index in [0.717, 1.165) is 47.1 Å². The van der Waals surface area contributed by atoms with E-state index in [1.165, 1.54) is 0 Å². The number of imidazole rings is 1. The highest BCUT2D eigenvalue weighted by Crippen LogP contribution is 2.31. The molecule has 0 saturated heterocycles. The molecule has 0 bridgehead atoms. The molecule has 0 fully saturated rings. The molecule has 0 unspecified atom stereocenters. The molecule has 2 aromatic heterocycles. The van der Waals surface area contributed by atoms with Crippen LogP contribution in [0.3, 0.4) is 0 Å². The Hall–Kier alpha value is -3.65. The van der Waals surface area contributed by atoms with Crippen molar-refractivity contribution in [3.63, 3.8) is 0 Å². The predicted molar refractivity (Wildman–Crippen MR) is 107 cm³/mol. The second kappa shape index (κ2) is 7.71. The number of nitrogens with zero attached hydrogens (tertiary/aromatic N) is 4. The van der Waals surface area contributed by atoms with Gasteiger partial charge in [-0.1, -0.05) is 12.1 Å². The molecule has 0 amide bonds. The molecule has 0 aliphatic heterocycles. The van der Waals surface area contributed by atoms with Gasteiger partial charge in [-0.05, 0) is 53.3 Å². The van der Waals surface area contributed by atoms with Crippen molar-refractivity contribution in [3.05, 3.63) is 79.1 Å². The Labute approximate surface area is 157 Å². The molecule has 0 atom stereocenters. The van der Waals surface area contributed by atoms with E-state index in [1.807, 2.05) is 49.1 Å². The van der Waals surface area contributed by atoms with Crippen LogP contribution in [-0.4, -0.2) is 21.1 Å². The van der Waals surface area contributed by atoms with Gasteiger partial charge >= 0.3 is 0 Å². The van der Waals surface area contributed by atoms with E-state index in [9.17, 15) is 5.26 Å². The average Bonchev–Trinajstić information content (AvgIpc) is 3.24. The quantitative estimate of drug-likeness (QED) is 0.519. The van der Waals surface area contributed by atoms with Crippen LogP contribution in [0, 0.1) is 11.3 Å². The molecule has 132 valence electrons. The number of fused-ring (bicyclic) bond motifs is 1. The first kappa shape index (κ1) is 16.8. The molecule has 0 aliphatic carbocycles. The highest BCUT2D eigenvalue weighted by atomic mass is 15.0. The Bertz CT molecular complexity index is 1090. The van der Waals surface area contributed by atoms with Crippen molar-refractivity contribution in [2.75, 3.05) is 11.9 Å². The Morgan fingerprint density at radius 1 is 1.04 bits per heavy atom. The summed E-state index contributed by atoms with van der Waals surface area (Å²) in [5, 5.41) is 15.0. The fourth-order valence-corrected chi connectivity index (χ4v) is 3.18. The van der Waals surface area contributed by atoms with Gasteiger partial charge in [-0.3, -0.25) is 4.98 Å². The maximum Gasteiger partial charge on any atom is 0.0991 e. The first-order valence-corrected chi connectivity index (χ1v) is 8.91. The predicted octanol–water partition coefficient (Wildman–Crippen LogP) is 4.47. The standard InChI is InChI=1S/C22H19N5/c23-14-17-3-1-4-18(11-17)20-12-19-5-7-24-15-21(19)22(13-20)26-6-2-9-27-10-8-25-16-27/h1,3-5,7-8,10-13,15-16,26H,2,6,9H2. The average molecular weight is 353 g/mol. The van der Waals surface area contributed by atoms with Crippen LogP contribution < -0.4 is 5.32 Å². The topological polar surface area (TPSA) is 66.5 Å². The summed E-state index contributed by atoms with van der Waals surface area (Å²) in [5.74, 6) is 0. The molecule has 2 aromatic carbocycles. The van der Waals surface area contributed by atoms with E-state index < -0.39 is 0 Å². The molecule has 5 nitrogen and oxygen atoms in total. The van der Waals surface area contributed by atoms with Crippen LogP contribution in [0.15, 0.2) is 73.6 Å². The number of hydrogen-bond donors (Lipinski definition) is 1. The summed E-state index contributed by atoms with van der Waals surface area (Å²) < 4.78 is 2.07. The molecule has 5 heteroatoms. The van der Waals surface area contributed by atoms with E-state index in [2.05, 4.69) is 38.1 Å². The highest BCUT2D eigenvalue weighted by Gasteiger charge is 2.07. The van der Waals surface area contributed by atoms with Crippen LogP contribution >= 0.6 is 0 Å². The number of aryl methyl sites for hydroxylation is 1. The fraction of sp³-hybridized carbons (Fsp3) is 0.136. The number of nitriles is 1. The maximum atomic E-state index is 9.18. The van der Waals surface area contributed by atoms with E-state index >= 15 is 0 Å². The molecule has 0 saturated carbocycles. The molecule has 27 heavy (non-hydrogen) atoms. The lowest BCUT2D eigenvalue weighted by Gasteiger charge is -2.13. The fourth-order valence-electron chi connectivity index (χ4n) is 3.18. The lowest BCUT2D eigenvalue weighted by atomic mass is 9.99. The molecule has 4 aromatic rings. The summed E-state index contributed by atoms with van der Waals surface area (Å²) in [7, 11) is 0. The van der Waals surface area contributed by atoms with Gasteiger partial charge in [0.25, 0.3) is 0 Å². The van der Waals surface area contributed by atoms with E-state index in [1.54, 1.807) is 12.4 Å². The Balaban J connectivity index is 1.61. The largest absolute Gasteiger partial charge is 0.384 e. The van der Waals surface area contributed by atoms with Gasteiger partial charge in [0.1, 0.15) is 0 Å². The smallest absolute Gasteiger partial charge is 0.0991 e. The molecule has 0 aliphatic rings. The summed E-state index contributed by atoms with van der Waals surface area (Å²) >= 11 is 0. The summed E-state index contributed by atoms with van der Waals surface area (Å²) in [5.41, 5.74) is 3.85. The lowest BCUT2D eigenvalue weighted by Crippen LogP contribution is -2.06. The van der Waals surface area contributed by atoms with Crippen molar-refractivity contribution in [2.45, 2.75) is 13.0 Å². The number of pyridine rings is 1. The van der Waals surface area contributed by atoms with E-state index in [4.69, 9.17) is 0 Å². The van der Waals surface area contributed by atoms with Crippen molar-refractivity contribution < 1.29 is 0 Å². The minimum absolute atomic E-state index is 0.664. The van der Waals surface area contributed by atoms with Gasteiger partial charge in [0.2, 0.25) is 0 Å². The zero-order valence-electron chi connectivity index (χ0n) is 14.8. The van der Waals surface area contributed by atoms with Crippen LogP contribution in [0.4, 0.5) is 5.69 Å². The highest BCUT2D eigenvalue weighted by molar-refractivity contribution is 5.97. The van der Waals surface area contributed by atoms with Crippen molar-refractivity contribution in [2.24, 2.45) is 0 Å². The van der Waals surface area contributed by atoms with Gasteiger partial charge in [-0.2, -0.15) is 5.26 Å². The molecule has 0 radical (unpaired) electrons. The second-order valence-corrected chi connectivity index (χ2v) is 6.39. The number of rotatable bonds is 6. The first-order chi connectivity index (χ1) is 13.3. The van der Waals surface area contributed by atoms with Crippen LogP contribution in [0.2, 0.25) is 0 Å². The SMILES string of the molecule is N#Cc1cccc(-c2cc(NCCCn3ccnc3)c3cnccc3c2)c1. The molecular weight excluding hydrogens is 334 g/mol. The summed E-state index contributed by atoms with van der Waals surface area (Å²) in [4.78, 5) is 8.35. The summed E-state index contributed by atoms with van der Waals surface area (Å²) in [6.45, 7) is 1.77. The van der Waals surface area contributed by atoms with Gasteiger partial charge in [0.15, 0.2) is 0 Å². The van der Waals surface area contributed by atoms with Gasteiger partial charge in [-0.15, -0.1) is 0 Å². The number of aromatic nitrogens is 3. The minimum atomic E-state index is 0.664.